The molecule has 0 aliphatic heterocycles. The molecule has 1 unspecified atom stereocenters. The Kier molecular flexibility index (Phi) is 4.92. The third-order valence-corrected chi connectivity index (χ3v) is 5.06. The SMILES string of the molecule is CCS(=O)(=O)CCCC(O)c1c(C)nn(C)c1C. The minimum absolute atomic E-state index is 0.138. The zero-order chi connectivity index (χ0) is 13.9. The van der Waals surface area contributed by atoms with Crippen LogP contribution in [-0.4, -0.2) is 34.8 Å². The average molecular weight is 274 g/mol. The summed E-state index contributed by atoms with van der Waals surface area (Å²) >= 11 is 0. The molecular weight excluding hydrogens is 252 g/mol. The molecule has 0 saturated heterocycles. The molecule has 1 heterocycles. The molecule has 1 rings (SSSR count). The lowest BCUT2D eigenvalue weighted by molar-refractivity contribution is 0.165. The van der Waals surface area contributed by atoms with Gasteiger partial charge < -0.3 is 5.11 Å². The number of aliphatic hydroxyl groups is 1. The molecule has 18 heavy (non-hydrogen) atoms. The summed E-state index contributed by atoms with van der Waals surface area (Å²) in [4.78, 5) is 0. The van der Waals surface area contributed by atoms with E-state index < -0.39 is 15.9 Å². The summed E-state index contributed by atoms with van der Waals surface area (Å²) in [5, 5.41) is 14.4. The molecule has 1 N–H and O–H groups in total. The monoisotopic (exact) mass is 274 g/mol. The molecule has 1 aromatic rings. The van der Waals surface area contributed by atoms with Crippen LogP contribution in [0.4, 0.5) is 0 Å². The van der Waals surface area contributed by atoms with Crippen LogP contribution in [-0.2, 0) is 16.9 Å². The van der Waals surface area contributed by atoms with Gasteiger partial charge in [-0.25, -0.2) is 8.42 Å². The fraction of sp³-hybridized carbons (Fsp3) is 0.750. The van der Waals surface area contributed by atoms with E-state index in [0.29, 0.717) is 12.8 Å². The van der Waals surface area contributed by atoms with Crippen molar-refractivity contribution < 1.29 is 13.5 Å². The van der Waals surface area contributed by atoms with Crippen LogP contribution < -0.4 is 0 Å². The first-order valence-corrected chi connectivity index (χ1v) is 7.99. The van der Waals surface area contributed by atoms with Crippen molar-refractivity contribution in [1.29, 1.82) is 0 Å². The molecule has 0 aliphatic carbocycles. The van der Waals surface area contributed by atoms with Crippen molar-refractivity contribution in [2.45, 2.75) is 39.7 Å². The van der Waals surface area contributed by atoms with Gasteiger partial charge in [0.15, 0.2) is 0 Å². The molecule has 0 spiro atoms. The first-order chi connectivity index (χ1) is 8.28. The summed E-state index contributed by atoms with van der Waals surface area (Å²) < 4.78 is 24.4. The molecule has 0 bridgehead atoms. The molecule has 0 aromatic carbocycles. The lowest BCUT2D eigenvalue weighted by atomic mass is 10.0. The normalized spacial score (nSPS) is 13.8. The molecule has 1 atom stereocenters. The number of hydrogen-bond donors (Lipinski definition) is 1. The Bertz CT molecular complexity index is 506. The standard InChI is InChI=1S/C12H22N2O3S/c1-5-18(16,17)8-6-7-11(15)12-9(2)13-14(4)10(12)3/h11,15H,5-8H2,1-4H3. The molecule has 1 aromatic heterocycles. The zero-order valence-corrected chi connectivity index (χ0v) is 12.3. The highest BCUT2D eigenvalue weighted by molar-refractivity contribution is 7.91. The molecule has 0 radical (unpaired) electrons. The molecule has 6 heteroatoms. The van der Waals surface area contributed by atoms with E-state index in [4.69, 9.17) is 0 Å². The van der Waals surface area contributed by atoms with Crippen molar-refractivity contribution in [3.05, 3.63) is 17.0 Å². The Morgan fingerprint density at radius 3 is 2.44 bits per heavy atom. The van der Waals surface area contributed by atoms with E-state index in [-0.39, 0.29) is 11.5 Å². The van der Waals surface area contributed by atoms with Gasteiger partial charge in [-0.2, -0.15) is 5.10 Å². The van der Waals surface area contributed by atoms with Gasteiger partial charge in [-0.15, -0.1) is 0 Å². The average Bonchev–Trinajstić information content (AvgIpc) is 2.53. The molecule has 104 valence electrons. The highest BCUT2D eigenvalue weighted by Crippen LogP contribution is 2.24. The Hall–Kier alpha value is -0.880. The van der Waals surface area contributed by atoms with Gasteiger partial charge in [0.2, 0.25) is 0 Å². The summed E-state index contributed by atoms with van der Waals surface area (Å²) in [6, 6.07) is 0. The molecular formula is C12H22N2O3S. The number of sulfone groups is 1. The van der Waals surface area contributed by atoms with E-state index in [1.807, 2.05) is 20.9 Å². The third-order valence-electron chi connectivity index (χ3n) is 3.27. The fourth-order valence-corrected chi connectivity index (χ4v) is 2.95. The van der Waals surface area contributed by atoms with Gasteiger partial charge in [-0.1, -0.05) is 6.92 Å². The summed E-state index contributed by atoms with van der Waals surface area (Å²) in [5.74, 6) is 0.299. The number of rotatable bonds is 6. The minimum atomic E-state index is -2.94. The van der Waals surface area contributed by atoms with Gasteiger partial charge >= 0.3 is 0 Å². The Morgan fingerprint density at radius 2 is 2.00 bits per heavy atom. The van der Waals surface area contributed by atoms with Crippen molar-refractivity contribution >= 4 is 9.84 Å². The highest BCUT2D eigenvalue weighted by atomic mass is 32.2. The van der Waals surface area contributed by atoms with Gasteiger partial charge in [0.05, 0.1) is 17.6 Å². The van der Waals surface area contributed by atoms with Gasteiger partial charge in [0.1, 0.15) is 9.84 Å². The highest BCUT2D eigenvalue weighted by Gasteiger charge is 2.18. The maximum absolute atomic E-state index is 11.4. The van der Waals surface area contributed by atoms with E-state index in [2.05, 4.69) is 5.10 Å². The van der Waals surface area contributed by atoms with Crippen LogP contribution in [0.15, 0.2) is 0 Å². The number of aromatic nitrogens is 2. The Balaban J connectivity index is 2.64. The van der Waals surface area contributed by atoms with Gasteiger partial charge in [-0.3, -0.25) is 4.68 Å². The molecule has 0 amide bonds. The minimum Gasteiger partial charge on any atom is -0.388 e. The summed E-state index contributed by atoms with van der Waals surface area (Å²) in [6.45, 7) is 5.40. The topological polar surface area (TPSA) is 72.2 Å². The van der Waals surface area contributed by atoms with E-state index >= 15 is 0 Å². The largest absolute Gasteiger partial charge is 0.388 e. The van der Waals surface area contributed by atoms with Crippen LogP contribution >= 0.6 is 0 Å². The summed E-state index contributed by atoms with van der Waals surface area (Å²) in [7, 11) is -1.11. The Labute approximate surface area is 109 Å². The van der Waals surface area contributed by atoms with Crippen LogP contribution in [0.25, 0.3) is 0 Å². The van der Waals surface area contributed by atoms with Crippen molar-refractivity contribution in [2.75, 3.05) is 11.5 Å². The second-order valence-electron chi connectivity index (χ2n) is 4.60. The lowest BCUT2D eigenvalue weighted by Crippen LogP contribution is -2.10. The predicted octanol–water partition coefficient (Wildman–Crippen LogP) is 1.29. The first-order valence-electron chi connectivity index (χ1n) is 6.17. The van der Waals surface area contributed by atoms with E-state index in [1.54, 1.807) is 11.6 Å². The smallest absolute Gasteiger partial charge is 0.150 e. The van der Waals surface area contributed by atoms with E-state index in [1.165, 1.54) is 0 Å². The van der Waals surface area contributed by atoms with E-state index in [0.717, 1.165) is 17.0 Å². The second-order valence-corrected chi connectivity index (χ2v) is 7.08. The van der Waals surface area contributed by atoms with Crippen LogP contribution in [0.5, 0.6) is 0 Å². The predicted molar refractivity (Wildman–Crippen MR) is 71.2 cm³/mol. The number of aliphatic hydroxyl groups excluding tert-OH is 1. The quantitative estimate of drug-likeness (QED) is 0.848. The maximum atomic E-state index is 11.4. The number of hydrogen-bond acceptors (Lipinski definition) is 4. The summed E-state index contributed by atoms with van der Waals surface area (Å²) in [6.07, 6.45) is 0.295. The lowest BCUT2D eigenvalue weighted by Gasteiger charge is -2.11. The molecule has 0 saturated carbocycles. The maximum Gasteiger partial charge on any atom is 0.150 e. The number of aryl methyl sites for hydroxylation is 2. The first kappa shape index (κ1) is 15.2. The third kappa shape index (κ3) is 3.55. The Morgan fingerprint density at radius 1 is 1.39 bits per heavy atom. The number of nitrogens with zero attached hydrogens (tertiary/aromatic N) is 2. The van der Waals surface area contributed by atoms with Crippen LogP contribution in [0.2, 0.25) is 0 Å². The van der Waals surface area contributed by atoms with Crippen molar-refractivity contribution in [3.63, 3.8) is 0 Å². The summed E-state index contributed by atoms with van der Waals surface area (Å²) in [5.41, 5.74) is 2.56. The van der Waals surface area contributed by atoms with Crippen molar-refractivity contribution in [3.8, 4) is 0 Å². The van der Waals surface area contributed by atoms with Gasteiger partial charge in [0.25, 0.3) is 0 Å². The van der Waals surface area contributed by atoms with Gasteiger partial charge in [0, 0.05) is 24.1 Å². The van der Waals surface area contributed by atoms with Gasteiger partial charge in [-0.05, 0) is 26.7 Å². The van der Waals surface area contributed by atoms with Crippen molar-refractivity contribution in [1.82, 2.24) is 9.78 Å². The zero-order valence-electron chi connectivity index (χ0n) is 11.5. The molecule has 0 aliphatic rings. The van der Waals surface area contributed by atoms with Crippen LogP contribution in [0, 0.1) is 13.8 Å². The van der Waals surface area contributed by atoms with E-state index in [9.17, 15) is 13.5 Å². The fourth-order valence-electron chi connectivity index (χ4n) is 2.06. The second kappa shape index (κ2) is 5.84. The van der Waals surface area contributed by atoms with Crippen LogP contribution in [0.3, 0.4) is 0 Å². The molecule has 5 nitrogen and oxygen atoms in total. The van der Waals surface area contributed by atoms with Crippen LogP contribution in [0.1, 0.15) is 42.8 Å². The van der Waals surface area contributed by atoms with Crippen molar-refractivity contribution in [2.24, 2.45) is 7.05 Å². The molecule has 0 fully saturated rings.